The first-order valence-corrected chi connectivity index (χ1v) is 7.77. The van der Waals surface area contributed by atoms with Crippen LogP contribution >= 0.6 is 0 Å². The van der Waals surface area contributed by atoms with Crippen LogP contribution in [0.15, 0.2) is 0 Å². The highest BCUT2D eigenvalue weighted by Gasteiger charge is 2.38. The van der Waals surface area contributed by atoms with Crippen molar-refractivity contribution < 1.29 is 18.7 Å². The molecule has 2 amide bonds. The van der Waals surface area contributed by atoms with E-state index in [0.29, 0.717) is 25.9 Å². The lowest BCUT2D eigenvalue weighted by Crippen LogP contribution is -2.46. The summed E-state index contributed by atoms with van der Waals surface area (Å²) >= 11 is 0. The van der Waals surface area contributed by atoms with Gasteiger partial charge in [-0.1, -0.05) is 0 Å². The summed E-state index contributed by atoms with van der Waals surface area (Å²) < 4.78 is 19.0. The molecule has 126 valence electrons. The summed E-state index contributed by atoms with van der Waals surface area (Å²) in [4.78, 5) is 26.8. The molecular formula is C15H26FN3O3. The van der Waals surface area contributed by atoms with E-state index >= 15 is 0 Å². The SMILES string of the molecule is CN1CC(NC[C@@H]2C[C@H](F)CN2C(=O)OC(C)(C)C)CC1=O. The Morgan fingerprint density at radius 1 is 1.41 bits per heavy atom. The Morgan fingerprint density at radius 2 is 2.09 bits per heavy atom. The maximum atomic E-state index is 13.7. The zero-order chi connectivity index (χ0) is 16.5. The normalized spacial score (nSPS) is 29.3. The molecule has 0 spiro atoms. The fourth-order valence-corrected chi connectivity index (χ4v) is 2.90. The zero-order valence-corrected chi connectivity index (χ0v) is 13.8. The number of rotatable bonds is 3. The number of nitrogens with one attached hydrogen (secondary N) is 1. The van der Waals surface area contributed by atoms with Crippen LogP contribution in [-0.4, -0.2) is 72.3 Å². The molecule has 1 N–H and O–H groups in total. The molecule has 0 aromatic heterocycles. The van der Waals surface area contributed by atoms with E-state index in [9.17, 15) is 14.0 Å². The van der Waals surface area contributed by atoms with Crippen molar-refractivity contribution in [1.29, 1.82) is 0 Å². The van der Waals surface area contributed by atoms with Gasteiger partial charge in [0.15, 0.2) is 0 Å². The van der Waals surface area contributed by atoms with Crippen molar-refractivity contribution in [3.63, 3.8) is 0 Å². The summed E-state index contributed by atoms with van der Waals surface area (Å²) in [6.45, 7) is 6.58. The van der Waals surface area contributed by atoms with E-state index in [1.807, 2.05) is 0 Å². The summed E-state index contributed by atoms with van der Waals surface area (Å²) in [7, 11) is 1.77. The summed E-state index contributed by atoms with van der Waals surface area (Å²) in [5, 5.41) is 3.27. The standard InChI is InChI=1S/C15H26FN3O3/c1-15(2,3)22-14(21)19-8-10(16)5-12(19)7-17-11-6-13(20)18(4)9-11/h10-12,17H,5-9H2,1-4H3/t10-,11?,12-/m0/s1. The van der Waals surface area contributed by atoms with Crippen molar-refractivity contribution in [3.05, 3.63) is 0 Å². The molecule has 7 heteroatoms. The Bertz CT molecular complexity index is 438. The van der Waals surface area contributed by atoms with Gasteiger partial charge in [0.25, 0.3) is 0 Å². The van der Waals surface area contributed by atoms with Gasteiger partial charge in [0, 0.05) is 39.0 Å². The van der Waals surface area contributed by atoms with Crippen molar-refractivity contribution in [1.82, 2.24) is 15.1 Å². The van der Waals surface area contributed by atoms with Gasteiger partial charge < -0.3 is 19.9 Å². The molecular weight excluding hydrogens is 289 g/mol. The summed E-state index contributed by atoms with van der Waals surface area (Å²) in [6.07, 6.45) is -0.733. The average Bonchev–Trinajstić information content (AvgIpc) is 2.89. The molecule has 6 nitrogen and oxygen atoms in total. The second-order valence-electron chi connectivity index (χ2n) is 7.20. The predicted octanol–water partition coefficient (Wildman–Crippen LogP) is 1.15. The van der Waals surface area contributed by atoms with Gasteiger partial charge >= 0.3 is 6.09 Å². The van der Waals surface area contributed by atoms with Crippen LogP contribution in [0, 0.1) is 0 Å². The van der Waals surface area contributed by atoms with Gasteiger partial charge in [-0.05, 0) is 20.8 Å². The number of ether oxygens (including phenoxy) is 1. The second kappa shape index (κ2) is 6.40. The number of nitrogens with zero attached hydrogens (tertiary/aromatic N) is 2. The number of halogens is 1. The number of carbonyl (C=O) groups excluding carboxylic acids is 2. The highest BCUT2D eigenvalue weighted by molar-refractivity contribution is 5.78. The Hall–Kier alpha value is -1.37. The van der Waals surface area contributed by atoms with Crippen molar-refractivity contribution >= 4 is 12.0 Å². The minimum absolute atomic E-state index is 0.0663. The summed E-state index contributed by atoms with van der Waals surface area (Å²) in [6, 6.07) is -0.164. The summed E-state index contributed by atoms with van der Waals surface area (Å²) in [5.41, 5.74) is -0.593. The Morgan fingerprint density at radius 3 is 2.64 bits per heavy atom. The maximum absolute atomic E-state index is 13.7. The molecule has 0 saturated carbocycles. The number of hydrogen-bond donors (Lipinski definition) is 1. The van der Waals surface area contributed by atoms with Crippen molar-refractivity contribution in [3.8, 4) is 0 Å². The van der Waals surface area contributed by atoms with Gasteiger partial charge in [0.05, 0.1) is 12.6 Å². The lowest BCUT2D eigenvalue weighted by atomic mass is 10.2. The molecule has 22 heavy (non-hydrogen) atoms. The van der Waals surface area contributed by atoms with Gasteiger partial charge in [-0.15, -0.1) is 0 Å². The lowest BCUT2D eigenvalue weighted by Gasteiger charge is -2.29. The highest BCUT2D eigenvalue weighted by Crippen LogP contribution is 2.23. The van der Waals surface area contributed by atoms with Gasteiger partial charge in [0.1, 0.15) is 11.8 Å². The molecule has 0 radical (unpaired) electrons. The molecule has 2 heterocycles. The zero-order valence-electron chi connectivity index (χ0n) is 13.8. The largest absolute Gasteiger partial charge is 0.444 e. The fraction of sp³-hybridized carbons (Fsp3) is 0.867. The van der Waals surface area contributed by atoms with E-state index in [1.165, 1.54) is 4.90 Å². The predicted molar refractivity (Wildman–Crippen MR) is 80.3 cm³/mol. The topological polar surface area (TPSA) is 61.9 Å². The quantitative estimate of drug-likeness (QED) is 0.849. The first-order valence-electron chi connectivity index (χ1n) is 7.77. The third-order valence-corrected chi connectivity index (χ3v) is 3.97. The van der Waals surface area contributed by atoms with Crippen LogP contribution in [0.1, 0.15) is 33.6 Å². The van der Waals surface area contributed by atoms with Crippen LogP contribution in [0.3, 0.4) is 0 Å². The Balaban J connectivity index is 1.88. The molecule has 0 bridgehead atoms. The van der Waals surface area contributed by atoms with Crippen molar-refractivity contribution in [2.24, 2.45) is 0 Å². The first-order chi connectivity index (χ1) is 10.2. The molecule has 0 aromatic carbocycles. The smallest absolute Gasteiger partial charge is 0.410 e. The number of likely N-dealkylation sites (tertiary alicyclic amines) is 2. The van der Waals surface area contributed by atoms with Crippen LogP contribution in [0.2, 0.25) is 0 Å². The monoisotopic (exact) mass is 315 g/mol. The lowest BCUT2D eigenvalue weighted by molar-refractivity contribution is -0.126. The highest BCUT2D eigenvalue weighted by atomic mass is 19.1. The van der Waals surface area contributed by atoms with Crippen LogP contribution in [0.4, 0.5) is 9.18 Å². The molecule has 2 aliphatic rings. The molecule has 2 aliphatic heterocycles. The van der Waals surface area contributed by atoms with E-state index in [0.717, 1.165) is 0 Å². The van der Waals surface area contributed by atoms with E-state index in [-0.39, 0.29) is 24.5 Å². The summed E-state index contributed by atoms with van der Waals surface area (Å²) in [5.74, 6) is 0.108. The van der Waals surface area contributed by atoms with Crippen LogP contribution in [0.5, 0.6) is 0 Å². The van der Waals surface area contributed by atoms with Crippen molar-refractivity contribution in [2.45, 2.75) is 57.5 Å². The second-order valence-corrected chi connectivity index (χ2v) is 7.20. The van der Waals surface area contributed by atoms with Gasteiger partial charge in [-0.3, -0.25) is 4.79 Å². The van der Waals surface area contributed by atoms with E-state index < -0.39 is 17.9 Å². The van der Waals surface area contributed by atoms with Crippen LogP contribution in [-0.2, 0) is 9.53 Å². The van der Waals surface area contributed by atoms with Gasteiger partial charge in [0.2, 0.25) is 5.91 Å². The van der Waals surface area contributed by atoms with Crippen molar-refractivity contribution in [2.75, 3.05) is 26.7 Å². The Labute approximate surface area is 131 Å². The third kappa shape index (κ3) is 4.32. The number of amides is 2. The third-order valence-electron chi connectivity index (χ3n) is 3.97. The van der Waals surface area contributed by atoms with Gasteiger partial charge in [-0.2, -0.15) is 0 Å². The number of carbonyl (C=O) groups is 2. The van der Waals surface area contributed by atoms with Crippen LogP contribution < -0.4 is 5.32 Å². The maximum Gasteiger partial charge on any atom is 0.410 e. The first kappa shape index (κ1) is 17.0. The molecule has 1 unspecified atom stereocenters. The fourth-order valence-electron chi connectivity index (χ4n) is 2.90. The molecule has 2 rings (SSSR count). The van der Waals surface area contributed by atoms with E-state index in [2.05, 4.69) is 5.32 Å². The molecule has 0 aliphatic carbocycles. The molecule has 0 aromatic rings. The average molecular weight is 315 g/mol. The Kier molecular flexibility index (Phi) is 4.94. The number of likely N-dealkylation sites (N-methyl/N-ethyl adjacent to an activating group) is 1. The van der Waals surface area contributed by atoms with Gasteiger partial charge in [-0.25, -0.2) is 9.18 Å². The number of hydrogen-bond acceptors (Lipinski definition) is 4. The van der Waals surface area contributed by atoms with Crippen LogP contribution in [0.25, 0.3) is 0 Å². The molecule has 2 saturated heterocycles. The van der Waals surface area contributed by atoms with E-state index in [4.69, 9.17) is 4.74 Å². The molecule has 3 atom stereocenters. The number of alkyl halides is 1. The molecule has 2 fully saturated rings. The van der Waals surface area contributed by atoms with E-state index in [1.54, 1.807) is 32.7 Å². The minimum Gasteiger partial charge on any atom is -0.444 e. The minimum atomic E-state index is -1.02.